The Balaban J connectivity index is 1.93. The van der Waals surface area contributed by atoms with Gasteiger partial charge in [-0.1, -0.05) is 0 Å². The van der Waals surface area contributed by atoms with Crippen molar-refractivity contribution in [3.05, 3.63) is 18.2 Å². The molecule has 1 aliphatic heterocycles. The van der Waals surface area contributed by atoms with E-state index in [0.29, 0.717) is 18.8 Å². The number of amides is 2. The van der Waals surface area contributed by atoms with Crippen molar-refractivity contribution < 1.29 is 14.7 Å². The molecule has 8 nitrogen and oxygen atoms in total. The highest BCUT2D eigenvalue weighted by molar-refractivity contribution is 5.82. The molecule has 0 radical (unpaired) electrons. The number of aromatic amines is 1. The summed E-state index contributed by atoms with van der Waals surface area (Å²) in [7, 11) is 2.01. The lowest BCUT2D eigenvalue weighted by Gasteiger charge is -2.38. The number of carbonyl (C=O) groups is 2. The van der Waals surface area contributed by atoms with Crippen molar-refractivity contribution in [3.63, 3.8) is 0 Å². The van der Waals surface area contributed by atoms with Gasteiger partial charge in [-0.2, -0.15) is 0 Å². The van der Waals surface area contributed by atoms with E-state index in [4.69, 9.17) is 0 Å². The molecule has 2 heterocycles. The zero-order valence-electron chi connectivity index (χ0n) is 12.2. The first kappa shape index (κ1) is 15.3. The second-order valence-electron chi connectivity index (χ2n) is 5.40. The van der Waals surface area contributed by atoms with E-state index in [1.54, 1.807) is 11.1 Å². The van der Waals surface area contributed by atoms with Crippen molar-refractivity contribution in [1.29, 1.82) is 0 Å². The largest absolute Gasteiger partial charge is 0.480 e. The van der Waals surface area contributed by atoms with Crippen molar-refractivity contribution in [2.24, 2.45) is 0 Å². The number of carboxylic acids is 1. The molecular formula is C13H21N5O3. The average Bonchev–Trinajstić information content (AvgIpc) is 2.93. The van der Waals surface area contributed by atoms with Crippen LogP contribution in [0.2, 0.25) is 0 Å². The Morgan fingerprint density at radius 1 is 1.57 bits per heavy atom. The Morgan fingerprint density at radius 2 is 2.33 bits per heavy atom. The van der Waals surface area contributed by atoms with Gasteiger partial charge in [-0.3, -0.25) is 0 Å². The highest BCUT2D eigenvalue weighted by atomic mass is 16.4. The number of carbonyl (C=O) groups excluding carboxylic acids is 1. The number of imidazole rings is 1. The van der Waals surface area contributed by atoms with Gasteiger partial charge in [-0.05, 0) is 14.0 Å². The number of nitrogens with zero attached hydrogens (tertiary/aromatic N) is 3. The first-order chi connectivity index (χ1) is 9.97. The molecule has 0 bridgehead atoms. The summed E-state index contributed by atoms with van der Waals surface area (Å²) in [5.41, 5.74) is 0.675. The van der Waals surface area contributed by atoms with Gasteiger partial charge in [0.1, 0.15) is 6.04 Å². The van der Waals surface area contributed by atoms with Crippen LogP contribution in [-0.2, 0) is 11.2 Å². The Labute approximate surface area is 123 Å². The number of aliphatic carboxylic acids is 1. The molecule has 2 rings (SSSR count). The maximum Gasteiger partial charge on any atom is 0.326 e. The van der Waals surface area contributed by atoms with Gasteiger partial charge in [0.15, 0.2) is 0 Å². The summed E-state index contributed by atoms with van der Waals surface area (Å²) >= 11 is 0. The molecular weight excluding hydrogens is 274 g/mol. The minimum absolute atomic E-state index is 0.185. The fourth-order valence-electron chi connectivity index (χ4n) is 2.29. The van der Waals surface area contributed by atoms with Gasteiger partial charge in [0, 0.05) is 44.0 Å². The topological polar surface area (TPSA) is 102 Å². The number of hydrogen-bond acceptors (Lipinski definition) is 4. The highest BCUT2D eigenvalue weighted by Gasteiger charge is 2.28. The first-order valence-electron chi connectivity index (χ1n) is 6.93. The van der Waals surface area contributed by atoms with Crippen molar-refractivity contribution in [2.45, 2.75) is 25.4 Å². The zero-order chi connectivity index (χ0) is 15.4. The smallest absolute Gasteiger partial charge is 0.326 e. The molecule has 1 aromatic heterocycles. The monoisotopic (exact) mass is 295 g/mol. The lowest BCUT2D eigenvalue weighted by molar-refractivity contribution is -0.139. The third-order valence-corrected chi connectivity index (χ3v) is 3.82. The van der Waals surface area contributed by atoms with E-state index in [1.165, 1.54) is 6.33 Å². The summed E-state index contributed by atoms with van der Waals surface area (Å²) < 4.78 is 0. The van der Waals surface area contributed by atoms with Crippen LogP contribution >= 0.6 is 0 Å². The van der Waals surface area contributed by atoms with Crippen LogP contribution in [0.3, 0.4) is 0 Å². The Bertz CT molecular complexity index is 490. The van der Waals surface area contributed by atoms with Crippen LogP contribution in [0.15, 0.2) is 12.5 Å². The van der Waals surface area contributed by atoms with Crippen LogP contribution in [-0.4, -0.2) is 75.6 Å². The number of hydrogen-bond donors (Lipinski definition) is 3. The molecule has 2 atom stereocenters. The summed E-state index contributed by atoms with van der Waals surface area (Å²) in [5.74, 6) is -1.06. The molecule has 1 aromatic rings. The number of piperazine rings is 1. The average molecular weight is 295 g/mol. The van der Waals surface area contributed by atoms with Gasteiger partial charge in [0.25, 0.3) is 0 Å². The van der Waals surface area contributed by atoms with Gasteiger partial charge in [-0.15, -0.1) is 0 Å². The molecule has 2 amide bonds. The molecule has 1 saturated heterocycles. The summed E-state index contributed by atoms with van der Waals surface area (Å²) in [4.78, 5) is 34.0. The lowest BCUT2D eigenvalue weighted by Crippen LogP contribution is -2.57. The number of aromatic nitrogens is 2. The number of nitrogens with one attached hydrogen (secondary N) is 2. The van der Waals surface area contributed by atoms with E-state index in [2.05, 4.69) is 20.2 Å². The molecule has 3 N–H and O–H groups in total. The summed E-state index contributed by atoms with van der Waals surface area (Å²) in [6.45, 7) is 4.02. The molecule has 21 heavy (non-hydrogen) atoms. The molecule has 0 spiro atoms. The Morgan fingerprint density at radius 3 is 2.90 bits per heavy atom. The predicted octanol–water partition coefficient (Wildman–Crippen LogP) is -0.249. The summed E-state index contributed by atoms with van der Waals surface area (Å²) in [5, 5.41) is 11.8. The van der Waals surface area contributed by atoms with Crippen molar-refractivity contribution in [3.8, 4) is 0 Å². The van der Waals surface area contributed by atoms with Gasteiger partial charge in [-0.25, -0.2) is 14.6 Å². The van der Waals surface area contributed by atoms with Crippen LogP contribution < -0.4 is 5.32 Å². The molecule has 0 saturated carbocycles. The van der Waals surface area contributed by atoms with Gasteiger partial charge in [0.05, 0.1) is 6.33 Å². The molecule has 1 fully saturated rings. The third-order valence-electron chi connectivity index (χ3n) is 3.82. The minimum atomic E-state index is -1.06. The first-order valence-corrected chi connectivity index (χ1v) is 6.93. The van der Waals surface area contributed by atoms with E-state index in [1.807, 2.05) is 14.0 Å². The van der Waals surface area contributed by atoms with Crippen molar-refractivity contribution in [1.82, 2.24) is 25.1 Å². The van der Waals surface area contributed by atoms with E-state index in [0.717, 1.165) is 6.54 Å². The second kappa shape index (κ2) is 6.57. The summed E-state index contributed by atoms with van der Waals surface area (Å²) in [6.07, 6.45) is 3.22. The zero-order valence-corrected chi connectivity index (χ0v) is 12.2. The lowest BCUT2D eigenvalue weighted by atomic mass is 10.1. The van der Waals surface area contributed by atoms with E-state index < -0.39 is 12.0 Å². The summed E-state index contributed by atoms with van der Waals surface area (Å²) in [6, 6.07) is -1.03. The maximum absolute atomic E-state index is 12.2. The maximum atomic E-state index is 12.2. The van der Waals surface area contributed by atoms with Crippen LogP contribution in [0.25, 0.3) is 0 Å². The van der Waals surface area contributed by atoms with E-state index in [-0.39, 0.29) is 18.5 Å². The number of carboxylic acid groups (broad SMARTS) is 1. The number of rotatable bonds is 4. The van der Waals surface area contributed by atoms with Crippen molar-refractivity contribution in [2.75, 3.05) is 26.7 Å². The standard InChI is InChI=1S/C13H21N5O3/c1-9-7-18(4-3-17(9)2)13(21)16-11(12(19)20)5-10-6-14-8-15-10/h6,8-9,11H,3-5,7H2,1-2H3,(H,14,15)(H,16,21)(H,19,20)/t9?,11-/m0/s1. The van der Waals surface area contributed by atoms with Crippen LogP contribution in [0.5, 0.6) is 0 Å². The van der Waals surface area contributed by atoms with Gasteiger partial charge >= 0.3 is 12.0 Å². The number of H-pyrrole nitrogens is 1. The highest BCUT2D eigenvalue weighted by Crippen LogP contribution is 2.08. The Kier molecular flexibility index (Phi) is 4.79. The van der Waals surface area contributed by atoms with Crippen LogP contribution in [0.4, 0.5) is 4.79 Å². The number of urea groups is 1. The van der Waals surface area contributed by atoms with Gasteiger partial charge in [0.2, 0.25) is 0 Å². The van der Waals surface area contributed by atoms with Crippen molar-refractivity contribution >= 4 is 12.0 Å². The molecule has 0 aliphatic carbocycles. The SMILES string of the molecule is CC1CN(C(=O)N[C@@H](Cc2cnc[nH]2)C(=O)O)CCN1C. The second-order valence-corrected chi connectivity index (χ2v) is 5.40. The fourth-order valence-corrected chi connectivity index (χ4v) is 2.29. The predicted molar refractivity (Wildman–Crippen MR) is 75.9 cm³/mol. The molecule has 1 aliphatic rings. The molecule has 116 valence electrons. The fraction of sp³-hybridized carbons (Fsp3) is 0.615. The van der Waals surface area contributed by atoms with Crippen LogP contribution in [0.1, 0.15) is 12.6 Å². The van der Waals surface area contributed by atoms with E-state index in [9.17, 15) is 14.7 Å². The third kappa shape index (κ3) is 3.94. The molecule has 8 heteroatoms. The quantitative estimate of drug-likeness (QED) is 0.711. The van der Waals surface area contributed by atoms with E-state index >= 15 is 0 Å². The Hall–Kier alpha value is -2.09. The normalized spacial score (nSPS) is 21.0. The molecule has 1 unspecified atom stereocenters. The number of likely N-dealkylation sites (N-methyl/N-ethyl adjacent to an activating group) is 1. The minimum Gasteiger partial charge on any atom is -0.480 e. The van der Waals surface area contributed by atoms with Gasteiger partial charge < -0.3 is 25.2 Å². The molecule has 0 aromatic carbocycles. The van der Waals surface area contributed by atoms with Crippen LogP contribution in [0, 0.1) is 0 Å².